The summed E-state index contributed by atoms with van der Waals surface area (Å²) in [4.78, 5) is 1.39. The summed E-state index contributed by atoms with van der Waals surface area (Å²) < 4.78 is 74.9. The lowest BCUT2D eigenvalue weighted by molar-refractivity contribution is 1.28. The third-order valence-corrected chi connectivity index (χ3v) is 9.00. The molecule has 0 aliphatic rings. The van der Waals surface area contributed by atoms with E-state index in [1.165, 1.54) is 4.90 Å². The number of hydrogen-bond donors (Lipinski definition) is 0. The summed E-state index contributed by atoms with van der Waals surface area (Å²) in [6, 6.07) is 45.1. The molecule has 0 saturated heterocycles. The normalized spacial score (nSPS) is 13.6. The number of fused-ring (bicyclic) bond motifs is 4. The van der Waals surface area contributed by atoms with Crippen LogP contribution in [0.3, 0.4) is 0 Å². The first kappa shape index (κ1) is 21.4. The van der Waals surface area contributed by atoms with Crippen molar-refractivity contribution in [2.24, 2.45) is 0 Å². The molecule has 9 aromatic carbocycles. The highest BCUT2D eigenvalue weighted by atomic mass is 15.1. The van der Waals surface area contributed by atoms with Crippen molar-refractivity contribution < 1.29 is 11.0 Å². The molecule has 0 amide bonds. The highest BCUT2D eigenvalue weighted by molar-refractivity contribution is 6.08. The Hall–Kier alpha value is -6.44. The Morgan fingerprint density at radius 2 is 0.980 bits per heavy atom. The van der Waals surface area contributed by atoms with Crippen LogP contribution in [0.15, 0.2) is 200 Å². The van der Waals surface area contributed by atoms with E-state index in [-0.39, 0.29) is 58.8 Å². The van der Waals surface area contributed by atoms with Crippen LogP contribution in [0, 0.1) is 0 Å². The molecule has 1 nitrogen and oxygen atoms in total. The average Bonchev–Trinajstić information content (AvgIpc) is 3.25. The van der Waals surface area contributed by atoms with Crippen molar-refractivity contribution in [3.8, 4) is 33.4 Å². The fourth-order valence-electron chi connectivity index (χ4n) is 6.56. The maximum absolute atomic E-state index is 9.72. The Balaban J connectivity index is 1.30. The first-order valence-corrected chi connectivity index (χ1v) is 16.2. The molecule has 1 heteroatoms. The lowest BCUT2D eigenvalue weighted by Gasteiger charge is -2.26. The highest BCUT2D eigenvalue weighted by Crippen LogP contribution is 2.40. The number of rotatable bonds is 6. The van der Waals surface area contributed by atoms with E-state index >= 15 is 0 Å². The van der Waals surface area contributed by atoms with Gasteiger partial charge in [-0.25, -0.2) is 0 Å². The van der Waals surface area contributed by atoms with E-state index in [0.29, 0.717) is 16.8 Å². The predicted molar refractivity (Wildman–Crippen MR) is 210 cm³/mol. The Morgan fingerprint density at radius 3 is 1.80 bits per heavy atom. The van der Waals surface area contributed by atoms with E-state index in [1.807, 2.05) is 133 Å². The molecule has 0 saturated carbocycles. The van der Waals surface area contributed by atoms with E-state index < -0.39 is 12.1 Å². The largest absolute Gasteiger partial charge is 0.310 e. The summed E-state index contributed by atoms with van der Waals surface area (Å²) in [5.41, 5.74) is 3.22. The van der Waals surface area contributed by atoms with Crippen LogP contribution in [0.4, 0.5) is 17.1 Å². The van der Waals surface area contributed by atoms with Crippen molar-refractivity contribution in [2.45, 2.75) is 0 Å². The second kappa shape index (κ2) is 12.3. The molecule has 0 N–H and O–H groups in total. The lowest BCUT2D eigenvalue weighted by Crippen LogP contribution is -2.10. The minimum Gasteiger partial charge on any atom is -0.310 e. The van der Waals surface area contributed by atoms with Crippen molar-refractivity contribution in [2.75, 3.05) is 4.90 Å². The molecule has 0 radical (unpaired) electrons. The molecule has 0 aromatic heterocycles. The predicted octanol–water partition coefficient (Wildman–Crippen LogP) is 13.6. The van der Waals surface area contributed by atoms with E-state index in [2.05, 4.69) is 0 Å². The fourth-order valence-corrected chi connectivity index (χ4v) is 6.56. The Bertz CT molecular complexity index is 3020. The monoisotopic (exact) mass is 631 g/mol. The van der Waals surface area contributed by atoms with Crippen LogP contribution in [-0.4, -0.2) is 0 Å². The highest BCUT2D eigenvalue weighted by Gasteiger charge is 2.15. The van der Waals surface area contributed by atoms with Crippen LogP contribution < -0.4 is 4.90 Å². The van der Waals surface area contributed by atoms with Crippen molar-refractivity contribution in [3.05, 3.63) is 200 Å². The van der Waals surface area contributed by atoms with Crippen molar-refractivity contribution >= 4 is 49.4 Å². The molecule has 0 atom stereocenters. The van der Waals surface area contributed by atoms with E-state index in [9.17, 15) is 8.22 Å². The average molecular weight is 632 g/mol. The van der Waals surface area contributed by atoms with Crippen molar-refractivity contribution in [1.82, 2.24) is 0 Å². The van der Waals surface area contributed by atoms with Gasteiger partial charge >= 0.3 is 0 Å². The summed E-state index contributed by atoms with van der Waals surface area (Å²) in [6.45, 7) is 0. The summed E-state index contributed by atoms with van der Waals surface area (Å²) in [5, 5.41) is 5.69. The second-order valence-corrected chi connectivity index (χ2v) is 11.9. The van der Waals surface area contributed by atoms with Gasteiger partial charge in [0, 0.05) is 17.1 Å². The molecule has 0 aliphatic carbocycles. The lowest BCUT2D eigenvalue weighted by atomic mass is 9.97. The van der Waals surface area contributed by atoms with Crippen LogP contribution in [0.25, 0.3) is 65.7 Å². The van der Waals surface area contributed by atoms with Crippen LogP contribution in [0.1, 0.15) is 11.0 Å². The van der Waals surface area contributed by atoms with Gasteiger partial charge in [0.2, 0.25) is 0 Å². The van der Waals surface area contributed by atoms with Gasteiger partial charge in [-0.15, -0.1) is 0 Å². The molecule has 0 aliphatic heterocycles. The Morgan fingerprint density at radius 1 is 0.347 bits per heavy atom. The third kappa shape index (κ3) is 5.42. The Kier molecular flexibility index (Phi) is 5.38. The molecule has 230 valence electrons. The van der Waals surface area contributed by atoms with Gasteiger partial charge in [-0.3, -0.25) is 0 Å². The molecule has 0 unspecified atom stereocenters. The minimum absolute atomic E-state index is 0.125. The second-order valence-electron chi connectivity index (χ2n) is 11.9. The first-order valence-electron chi connectivity index (χ1n) is 20.2. The first-order chi connectivity index (χ1) is 27.6. The minimum atomic E-state index is -0.441. The van der Waals surface area contributed by atoms with Gasteiger partial charge in [-0.05, 0) is 108 Å². The summed E-state index contributed by atoms with van der Waals surface area (Å²) in [7, 11) is 0. The zero-order chi connectivity index (χ0) is 39.5. The molecule has 9 rings (SSSR count). The van der Waals surface area contributed by atoms with Crippen LogP contribution >= 0.6 is 0 Å². The molecule has 0 bridgehead atoms. The van der Waals surface area contributed by atoms with Crippen LogP contribution in [0.2, 0.25) is 0 Å². The topological polar surface area (TPSA) is 3.24 Å². The summed E-state index contributed by atoms with van der Waals surface area (Å²) in [5.74, 6) is 0. The van der Waals surface area contributed by atoms with Gasteiger partial charge < -0.3 is 4.90 Å². The van der Waals surface area contributed by atoms with E-state index in [1.54, 1.807) is 18.2 Å². The van der Waals surface area contributed by atoms with Crippen molar-refractivity contribution in [1.29, 1.82) is 0 Å². The summed E-state index contributed by atoms with van der Waals surface area (Å²) >= 11 is 0. The van der Waals surface area contributed by atoms with Gasteiger partial charge in [0.15, 0.2) is 0 Å². The van der Waals surface area contributed by atoms with Crippen LogP contribution in [-0.2, 0) is 0 Å². The maximum atomic E-state index is 9.72. The smallest absolute Gasteiger partial charge is 0.0651 e. The molecule has 0 heterocycles. The number of nitrogens with zero attached hydrogens (tertiary/aromatic N) is 1. The molecule has 49 heavy (non-hydrogen) atoms. The quantitative estimate of drug-likeness (QED) is 0.165. The maximum Gasteiger partial charge on any atom is 0.0651 e. The molecule has 0 spiro atoms. The van der Waals surface area contributed by atoms with E-state index in [4.69, 9.17) is 2.74 Å². The third-order valence-electron chi connectivity index (χ3n) is 9.00. The SMILES string of the molecule is [2H]c1c([2H])c(-c2cccc3ccccc23)c([2H])c(N(c2ccc(-c3ccccc3)cc2)c2c([2H])c([2H])c(-c3ccc4c(ccc5ccccc54)c3)c([2H])c2[2H])c1[2H]. The molecular formula is C48H33N. The molecular weight excluding hydrogens is 591 g/mol. The number of hydrogen-bond acceptors (Lipinski definition) is 1. The Labute approximate surface area is 298 Å². The summed E-state index contributed by atoms with van der Waals surface area (Å²) in [6.07, 6.45) is 0. The number of anilines is 3. The molecule has 0 fully saturated rings. The van der Waals surface area contributed by atoms with Gasteiger partial charge in [0.25, 0.3) is 0 Å². The van der Waals surface area contributed by atoms with Crippen molar-refractivity contribution in [3.63, 3.8) is 0 Å². The molecule has 9 aromatic rings. The van der Waals surface area contributed by atoms with Gasteiger partial charge in [-0.2, -0.15) is 0 Å². The standard InChI is InChI=1S/C48H33N/c1-2-10-34(11-3-1)35-22-27-42(28-23-35)49(44-16-8-15-40(33-44)47-19-9-14-37-12-4-6-17-45(37)47)43-29-24-36(25-30-43)39-26-31-48-41(32-39)21-20-38-13-5-7-18-46(38)48/h1-33H/i8D,15D,16D,24D,25D,29D,30D,33D. The van der Waals surface area contributed by atoms with Gasteiger partial charge in [0.05, 0.1) is 11.0 Å². The van der Waals surface area contributed by atoms with Gasteiger partial charge in [-0.1, -0.05) is 158 Å². The zero-order valence-corrected chi connectivity index (χ0v) is 26.4. The van der Waals surface area contributed by atoms with Crippen LogP contribution in [0.5, 0.6) is 0 Å². The van der Waals surface area contributed by atoms with Gasteiger partial charge in [0.1, 0.15) is 0 Å². The van der Waals surface area contributed by atoms with E-state index in [0.717, 1.165) is 43.4 Å². The fraction of sp³-hybridized carbons (Fsp3) is 0. The zero-order valence-electron chi connectivity index (χ0n) is 34.4. The number of benzene rings is 9.